The molecule has 2 aromatic carbocycles. The van der Waals surface area contributed by atoms with Gasteiger partial charge in [-0.15, -0.1) is 0 Å². The molecule has 2 rings (SSSR count). The van der Waals surface area contributed by atoms with Crippen LogP contribution in [0.4, 0.5) is 0 Å². The monoisotopic (exact) mass is 350 g/mol. The van der Waals surface area contributed by atoms with Gasteiger partial charge in [-0.1, -0.05) is 33.2 Å². The first-order chi connectivity index (χ1) is 10.1. The lowest BCUT2D eigenvalue weighted by Crippen LogP contribution is -2.12. The third-order valence-electron chi connectivity index (χ3n) is 2.88. The molecule has 0 radical (unpaired) electrons. The van der Waals surface area contributed by atoms with Gasteiger partial charge in [0.25, 0.3) is 0 Å². The van der Waals surface area contributed by atoms with Crippen LogP contribution in [0.15, 0.2) is 52.1 Å². The summed E-state index contributed by atoms with van der Waals surface area (Å²) in [6.45, 7) is 0.372. The van der Waals surface area contributed by atoms with Crippen molar-refractivity contribution in [3.8, 4) is 11.5 Å². The lowest BCUT2D eigenvalue weighted by molar-refractivity contribution is 0.304. The molecular weight excluding hydrogens is 336 g/mol. The summed E-state index contributed by atoms with van der Waals surface area (Å²) in [5.74, 6) is 1.44. The average Bonchev–Trinajstić information content (AvgIpc) is 2.53. The van der Waals surface area contributed by atoms with Gasteiger partial charge in [-0.2, -0.15) is 0 Å². The predicted octanol–water partition coefficient (Wildman–Crippen LogP) is 3.13. The highest BCUT2D eigenvalue weighted by atomic mass is 79.9. The van der Waals surface area contributed by atoms with Crippen LogP contribution in [0.2, 0.25) is 0 Å². The number of rotatable bonds is 5. The number of hydrogen-bond donors (Lipinski definition) is 2. The minimum absolute atomic E-state index is 0.0445. The standard InChI is InChI=1S/C15H15BrN2O3/c1-20-12-5-6-14(16)11(8-12)9-21-13-4-2-3-10(7-13)15(17)18-19/h2-8,19H,9H2,1H3,(H2,17,18). The molecule has 0 aliphatic carbocycles. The van der Waals surface area contributed by atoms with Crippen molar-refractivity contribution in [3.05, 3.63) is 58.1 Å². The maximum Gasteiger partial charge on any atom is 0.170 e. The topological polar surface area (TPSA) is 77.1 Å². The summed E-state index contributed by atoms with van der Waals surface area (Å²) in [7, 11) is 1.62. The molecule has 0 bridgehead atoms. The van der Waals surface area contributed by atoms with Crippen LogP contribution < -0.4 is 15.2 Å². The first-order valence-corrected chi connectivity index (χ1v) is 6.96. The van der Waals surface area contributed by atoms with Crippen molar-refractivity contribution < 1.29 is 14.7 Å². The lowest BCUT2D eigenvalue weighted by atomic mass is 10.2. The van der Waals surface area contributed by atoms with Crippen LogP contribution in [0, 0.1) is 0 Å². The number of benzene rings is 2. The number of nitrogens with zero attached hydrogens (tertiary/aromatic N) is 1. The third kappa shape index (κ3) is 3.88. The van der Waals surface area contributed by atoms with Crippen molar-refractivity contribution in [1.82, 2.24) is 0 Å². The molecule has 0 saturated heterocycles. The Balaban J connectivity index is 2.13. The molecule has 0 heterocycles. The van der Waals surface area contributed by atoms with Gasteiger partial charge in [0.1, 0.15) is 18.1 Å². The average molecular weight is 351 g/mol. The molecule has 0 amide bonds. The molecule has 0 saturated carbocycles. The zero-order valence-corrected chi connectivity index (χ0v) is 13.0. The summed E-state index contributed by atoms with van der Waals surface area (Å²) >= 11 is 3.47. The first-order valence-electron chi connectivity index (χ1n) is 6.17. The van der Waals surface area contributed by atoms with E-state index in [1.165, 1.54) is 0 Å². The van der Waals surface area contributed by atoms with Gasteiger partial charge in [-0.3, -0.25) is 0 Å². The summed E-state index contributed by atoms with van der Waals surface area (Å²) in [6, 6.07) is 12.7. The van der Waals surface area contributed by atoms with Crippen molar-refractivity contribution in [3.63, 3.8) is 0 Å². The fourth-order valence-corrected chi connectivity index (χ4v) is 2.11. The van der Waals surface area contributed by atoms with Gasteiger partial charge in [0.2, 0.25) is 0 Å². The van der Waals surface area contributed by atoms with Crippen LogP contribution in [-0.4, -0.2) is 18.2 Å². The molecule has 0 aliphatic rings. The van der Waals surface area contributed by atoms with E-state index in [0.717, 1.165) is 15.8 Å². The molecule has 0 spiro atoms. The second kappa shape index (κ2) is 6.99. The Bertz CT molecular complexity index is 659. The number of oxime groups is 1. The van der Waals surface area contributed by atoms with Crippen LogP contribution in [0.1, 0.15) is 11.1 Å². The van der Waals surface area contributed by atoms with E-state index in [1.54, 1.807) is 25.3 Å². The van der Waals surface area contributed by atoms with E-state index in [4.69, 9.17) is 20.4 Å². The van der Waals surface area contributed by atoms with Crippen molar-refractivity contribution in [2.24, 2.45) is 10.9 Å². The van der Waals surface area contributed by atoms with Gasteiger partial charge in [-0.05, 0) is 30.3 Å². The summed E-state index contributed by atoms with van der Waals surface area (Å²) in [6.07, 6.45) is 0. The van der Waals surface area contributed by atoms with Crippen molar-refractivity contribution in [1.29, 1.82) is 0 Å². The second-order valence-corrected chi connectivity index (χ2v) is 5.11. The van der Waals surface area contributed by atoms with Crippen molar-refractivity contribution in [2.75, 3.05) is 7.11 Å². The molecule has 3 N–H and O–H groups in total. The first kappa shape index (κ1) is 15.2. The Kier molecular flexibility index (Phi) is 5.05. The summed E-state index contributed by atoms with van der Waals surface area (Å²) in [4.78, 5) is 0. The Hall–Kier alpha value is -2.21. The zero-order valence-electron chi connectivity index (χ0n) is 11.4. The quantitative estimate of drug-likeness (QED) is 0.376. The van der Waals surface area contributed by atoms with Gasteiger partial charge in [0.15, 0.2) is 5.84 Å². The van der Waals surface area contributed by atoms with Crippen LogP contribution in [-0.2, 0) is 6.61 Å². The molecule has 2 aromatic rings. The molecule has 110 valence electrons. The van der Waals surface area contributed by atoms with Gasteiger partial charge in [-0.25, -0.2) is 0 Å². The highest BCUT2D eigenvalue weighted by Crippen LogP contribution is 2.24. The maximum atomic E-state index is 8.68. The Labute approximate surface area is 131 Å². The van der Waals surface area contributed by atoms with Crippen molar-refractivity contribution in [2.45, 2.75) is 6.61 Å². The van der Waals surface area contributed by atoms with E-state index in [2.05, 4.69) is 21.1 Å². The SMILES string of the molecule is COc1ccc(Br)c(COc2cccc(C(N)=NO)c2)c1. The molecule has 0 aromatic heterocycles. The number of halogens is 1. The predicted molar refractivity (Wildman–Crippen MR) is 84.0 cm³/mol. The van der Waals surface area contributed by atoms with E-state index >= 15 is 0 Å². The van der Waals surface area contributed by atoms with Gasteiger partial charge in [0.05, 0.1) is 7.11 Å². The molecule has 0 atom stereocenters. The number of nitrogens with two attached hydrogens (primary N) is 1. The summed E-state index contributed by atoms with van der Waals surface area (Å²) in [5.41, 5.74) is 7.11. The minimum atomic E-state index is 0.0445. The van der Waals surface area contributed by atoms with Crippen LogP contribution in [0.25, 0.3) is 0 Å². The number of amidine groups is 1. The molecular formula is C15H15BrN2O3. The van der Waals surface area contributed by atoms with Gasteiger partial charge < -0.3 is 20.4 Å². The Morgan fingerprint density at radius 3 is 2.76 bits per heavy atom. The lowest BCUT2D eigenvalue weighted by Gasteiger charge is -2.10. The van der Waals surface area contributed by atoms with Crippen LogP contribution in [0.3, 0.4) is 0 Å². The fraction of sp³-hybridized carbons (Fsp3) is 0.133. The largest absolute Gasteiger partial charge is 0.497 e. The van der Waals surface area contributed by atoms with Crippen LogP contribution in [0.5, 0.6) is 11.5 Å². The summed E-state index contributed by atoms with van der Waals surface area (Å²) in [5, 5.41) is 11.7. The van der Waals surface area contributed by atoms with E-state index in [1.807, 2.05) is 24.3 Å². The second-order valence-electron chi connectivity index (χ2n) is 4.26. The van der Waals surface area contributed by atoms with E-state index in [-0.39, 0.29) is 5.84 Å². The van der Waals surface area contributed by atoms with E-state index in [9.17, 15) is 0 Å². The highest BCUT2D eigenvalue weighted by Gasteiger charge is 2.05. The summed E-state index contributed by atoms with van der Waals surface area (Å²) < 4.78 is 11.9. The Morgan fingerprint density at radius 2 is 2.05 bits per heavy atom. The third-order valence-corrected chi connectivity index (χ3v) is 3.66. The number of hydrogen-bond acceptors (Lipinski definition) is 4. The Morgan fingerprint density at radius 1 is 1.24 bits per heavy atom. The molecule has 21 heavy (non-hydrogen) atoms. The number of ether oxygens (including phenoxy) is 2. The van der Waals surface area contributed by atoms with Gasteiger partial charge >= 0.3 is 0 Å². The molecule has 5 nitrogen and oxygen atoms in total. The zero-order chi connectivity index (χ0) is 15.2. The molecule has 0 fully saturated rings. The highest BCUT2D eigenvalue weighted by molar-refractivity contribution is 9.10. The maximum absolute atomic E-state index is 8.68. The van der Waals surface area contributed by atoms with E-state index < -0.39 is 0 Å². The number of methoxy groups -OCH3 is 1. The molecule has 0 aliphatic heterocycles. The minimum Gasteiger partial charge on any atom is -0.497 e. The van der Waals surface area contributed by atoms with Crippen molar-refractivity contribution >= 4 is 21.8 Å². The van der Waals surface area contributed by atoms with Crippen LogP contribution >= 0.6 is 15.9 Å². The van der Waals surface area contributed by atoms with E-state index in [0.29, 0.717) is 17.9 Å². The van der Waals surface area contributed by atoms with Gasteiger partial charge in [0, 0.05) is 15.6 Å². The smallest absolute Gasteiger partial charge is 0.170 e. The fourth-order valence-electron chi connectivity index (χ4n) is 1.75. The molecule has 6 heteroatoms. The molecule has 0 unspecified atom stereocenters. The normalized spacial score (nSPS) is 11.2.